The normalized spacial score (nSPS) is 15.0. The van der Waals surface area contributed by atoms with Crippen molar-refractivity contribution in [2.24, 2.45) is 0 Å². The number of hydrogen-bond donors (Lipinski definition) is 1. The van der Waals surface area contributed by atoms with Crippen LogP contribution in [0.15, 0.2) is 18.2 Å². The van der Waals surface area contributed by atoms with Gasteiger partial charge < -0.3 is 14.8 Å². The molecule has 1 aromatic carbocycles. The highest BCUT2D eigenvalue weighted by Crippen LogP contribution is 2.19. The third-order valence-electron chi connectivity index (χ3n) is 5.30. The molecule has 8 heteroatoms. The van der Waals surface area contributed by atoms with Crippen LogP contribution in [0.5, 0.6) is 0 Å². The molecule has 1 N–H and O–H groups in total. The molecule has 2 aromatic rings. The summed E-state index contributed by atoms with van der Waals surface area (Å²) in [5.74, 6) is -1.07. The molecule has 1 aliphatic rings. The zero-order valence-electron chi connectivity index (χ0n) is 18.2. The van der Waals surface area contributed by atoms with E-state index in [0.29, 0.717) is 56.7 Å². The maximum absolute atomic E-state index is 13.7. The van der Waals surface area contributed by atoms with Crippen LogP contribution in [0, 0.1) is 12.7 Å². The van der Waals surface area contributed by atoms with Crippen molar-refractivity contribution in [2.45, 2.75) is 52.5 Å². The van der Waals surface area contributed by atoms with Gasteiger partial charge in [0.15, 0.2) is 0 Å². The van der Waals surface area contributed by atoms with E-state index in [9.17, 15) is 14.0 Å². The molecule has 1 amide bonds. The number of benzene rings is 1. The molecule has 31 heavy (non-hydrogen) atoms. The first-order valence-corrected chi connectivity index (χ1v) is 10.9. The number of halogens is 1. The van der Waals surface area contributed by atoms with E-state index < -0.39 is 11.8 Å². The van der Waals surface area contributed by atoms with E-state index in [2.05, 4.69) is 10.4 Å². The van der Waals surface area contributed by atoms with Gasteiger partial charge in [0.05, 0.1) is 29.1 Å². The number of rotatable bonds is 6. The van der Waals surface area contributed by atoms with Crippen LogP contribution in [0.4, 0.5) is 4.39 Å². The Hall–Kier alpha value is -2.74. The first-order valence-electron chi connectivity index (χ1n) is 10.9. The Bertz CT molecular complexity index is 926. The van der Waals surface area contributed by atoms with Gasteiger partial charge in [0, 0.05) is 32.7 Å². The average molecular weight is 432 g/mol. The van der Waals surface area contributed by atoms with E-state index in [1.807, 2.05) is 11.6 Å². The van der Waals surface area contributed by atoms with Crippen LogP contribution in [0.1, 0.15) is 63.9 Å². The fourth-order valence-electron chi connectivity index (χ4n) is 3.59. The van der Waals surface area contributed by atoms with Crippen molar-refractivity contribution in [2.75, 3.05) is 26.4 Å². The lowest BCUT2D eigenvalue weighted by Gasteiger charge is -2.10. The van der Waals surface area contributed by atoms with Crippen molar-refractivity contribution >= 4 is 11.9 Å². The summed E-state index contributed by atoms with van der Waals surface area (Å²) < 4.78 is 26.4. The predicted molar refractivity (Wildman–Crippen MR) is 114 cm³/mol. The highest BCUT2D eigenvalue weighted by atomic mass is 19.1. The maximum atomic E-state index is 13.7. The van der Waals surface area contributed by atoms with Gasteiger partial charge >= 0.3 is 5.97 Å². The number of carbonyl (C=O) groups is 2. The van der Waals surface area contributed by atoms with Crippen LogP contribution in [0.2, 0.25) is 0 Å². The van der Waals surface area contributed by atoms with Gasteiger partial charge in [-0.15, -0.1) is 0 Å². The molecule has 0 radical (unpaired) electrons. The Balaban J connectivity index is 1.65. The molecule has 1 aliphatic heterocycles. The lowest BCUT2D eigenvalue weighted by molar-refractivity contribution is 0.0494. The standard InChI is InChI=1S/C23H30FN3O4/c1-3-19-21-20(7-4-12-30-13-5-10-25-22(21)28)27(26-19)11-6-14-31-23(29)17-9-8-16(2)18(24)15-17/h8-9,15H,3-7,10-14H2,1-2H3,(H,25,28). The molecule has 168 valence electrons. The number of esters is 1. The molecule has 7 nitrogen and oxygen atoms in total. The molecule has 0 unspecified atom stereocenters. The Labute approximate surface area is 181 Å². The molecule has 2 heterocycles. The van der Waals surface area contributed by atoms with Gasteiger partial charge in [0.1, 0.15) is 5.82 Å². The fourth-order valence-corrected chi connectivity index (χ4v) is 3.59. The second-order valence-electron chi connectivity index (χ2n) is 7.62. The maximum Gasteiger partial charge on any atom is 0.338 e. The van der Waals surface area contributed by atoms with Gasteiger partial charge in [-0.3, -0.25) is 9.48 Å². The van der Waals surface area contributed by atoms with Crippen molar-refractivity contribution in [3.8, 4) is 0 Å². The summed E-state index contributed by atoms with van der Waals surface area (Å²) in [6.07, 6.45) is 3.48. The number of fused-ring (bicyclic) bond motifs is 1. The Morgan fingerprint density at radius 3 is 2.90 bits per heavy atom. The van der Waals surface area contributed by atoms with Gasteiger partial charge in [-0.05, 0) is 50.3 Å². The SMILES string of the molecule is CCc1nn(CCCOC(=O)c2ccc(C)c(F)c2)c2c1C(=O)NCCCOCCC2. The molecule has 0 spiro atoms. The van der Waals surface area contributed by atoms with Gasteiger partial charge in [0.25, 0.3) is 5.91 Å². The molecule has 0 fully saturated rings. The van der Waals surface area contributed by atoms with E-state index in [1.165, 1.54) is 6.07 Å². The van der Waals surface area contributed by atoms with Crippen molar-refractivity contribution in [3.63, 3.8) is 0 Å². The Morgan fingerprint density at radius 2 is 2.13 bits per heavy atom. The zero-order valence-corrected chi connectivity index (χ0v) is 18.2. The number of amides is 1. The third kappa shape index (κ3) is 5.91. The van der Waals surface area contributed by atoms with Crippen molar-refractivity contribution in [1.29, 1.82) is 0 Å². The first kappa shape index (κ1) is 22.9. The number of aromatic nitrogens is 2. The number of ether oxygens (including phenoxy) is 2. The minimum atomic E-state index is -0.551. The van der Waals surface area contributed by atoms with Gasteiger partial charge in [-0.1, -0.05) is 13.0 Å². The monoisotopic (exact) mass is 431 g/mol. The molecular weight excluding hydrogens is 401 g/mol. The van der Waals surface area contributed by atoms with E-state index >= 15 is 0 Å². The Morgan fingerprint density at radius 1 is 1.32 bits per heavy atom. The predicted octanol–water partition coefficient (Wildman–Crippen LogP) is 3.22. The fraction of sp³-hybridized carbons (Fsp3) is 0.522. The van der Waals surface area contributed by atoms with Crippen LogP contribution in [-0.4, -0.2) is 48.0 Å². The summed E-state index contributed by atoms with van der Waals surface area (Å²) in [7, 11) is 0. The van der Waals surface area contributed by atoms with Gasteiger partial charge in [-0.2, -0.15) is 5.10 Å². The summed E-state index contributed by atoms with van der Waals surface area (Å²) in [6, 6.07) is 4.30. The summed E-state index contributed by atoms with van der Waals surface area (Å²) in [6.45, 7) is 6.18. The quantitative estimate of drug-likeness (QED) is 0.561. The van der Waals surface area contributed by atoms with E-state index in [-0.39, 0.29) is 18.1 Å². The second-order valence-corrected chi connectivity index (χ2v) is 7.62. The summed E-state index contributed by atoms with van der Waals surface area (Å²) in [4.78, 5) is 24.9. The van der Waals surface area contributed by atoms with Crippen molar-refractivity contribution in [3.05, 3.63) is 52.1 Å². The molecule has 1 aromatic heterocycles. The average Bonchev–Trinajstić information content (AvgIpc) is 3.10. The molecular formula is C23H30FN3O4. The van der Waals surface area contributed by atoms with Crippen molar-refractivity contribution < 1.29 is 23.5 Å². The van der Waals surface area contributed by atoms with Crippen LogP contribution in [0.25, 0.3) is 0 Å². The topological polar surface area (TPSA) is 82.5 Å². The van der Waals surface area contributed by atoms with Crippen LogP contribution in [0.3, 0.4) is 0 Å². The molecule has 0 aliphatic carbocycles. The number of nitrogens with zero attached hydrogens (tertiary/aromatic N) is 2. The number of hydrogen-bond acceptors (Lipinski definition) is 5. The Kier molecular flexibility index (Phi) is 8.17. The van der Waals surface area contributed by atoms with Crippen LogP contribution >= 0.6 is 0 Å². The number of nitrogens with one attached hydrogen (secondary N) is 1. The lowest BCUT2D eigenvalue weighted by Crippen LogP contribution is -2.26. The number of aryl methyl sites for hydroxylation is 3. The third-order valence-corrected chi connectivity index (χ3v) is 5.30. The first-order chi connectivity index (χ1) is 15.0. The molecule has 0 bridgehead atoms. The van der Waals surface area contributed by atoms with E-state index in [4.69, 9.17) is 9.47 Å². The minimum absolute atomic E-state index is 0.0900. The highest BCUT2D eigenvalue weighted by molar-refractivity contribution is 5.96. The smallest absolute Gasteiger partial charge is 0.338 e. The van der Waals surface area contributed by atoms with E-state index in [0.717, 1.165) is 24.2 Å². The summed E-state index contributed by atoms with van der Waals surface area (Å²) >= 11 is 0. The largest absolute Gasteiger partial charge is 0.462 e. The van der Waals surface area contributed by atoms with Crippen LogP contribution in [-0.2, 0) is 28.9 Å². The van der Waals surface area contributed by atoms with Gasteiger partial charge in [0.2, 0.25) is 0 Å². The lowest BCUT2D eigenvalue weighted by atomic mass is 10.1. The summed E-state index contributed by atoms with van der Waals surface area (Å²) in [5.41, 5.74) is 3.01. The molecule has 0 atom stereocenters. The zero-order chi connectivity index (χ0) is 22.2. The van der Waals surface area contributed by atoms with Crippen molar-refractivity contribution in [1.82, 2.24) is 15.1 Å². The molecule has 3 rings (SSSR count). The second kappa shape index (κ2) is 11.0. The summed E-state index contributed by atoms with van der Waals surface area (Å²) in [5, 5.41) is 7.61. The van der Waals surface area contributed by atoms with E-state index in [1.54, 1.807) is 19.1 Å². The molecule has 0 saturated heterocycles. The number of carbonyl (C=O) groups excluding carboxylic acids is 2. The minimum Gasteiger partial charge on any atom is -0.462 e. The van der Waals surface area contributed by atoms with Gasteiger partial charge in [-0.25, -0.2) is 9.18 Å². The van der Waals surface area contributed by atoms with Crippen LogP contribution < -0.4 is 5.32 Å². The molecule has 0 saturated carbocycles. The highest BCUT2D eigenvalue weighted by Gasteiger charge is 2.23.